The number of nitrogens with one attached hydrogen (secondary N) is 2. The lowest BCUT2D eigenvalue weighted by Gasteiger charge is -2.37. The molecule has 0 aliphatic carbocycles. The minimum atomic E-state index is -0.0136. The van der Waals surface area contributed by atoms with Gasteiger partial charge in [0.15, 0.2) is 0 Å². The predicted molar refractivity (Wildman–Crippen MR) is 97.1 cm³/mol. The van der Waals surface area contributed by atoms with Crippen molar-refractivity contribution in [1.29, 1.82) is 0 Å². The zero-order valence-corrected chi connectivity index (χ0v) is 15.0. The Morgan fingerprint density at radius 3 is 2.83 bits per heavy atom. The molecule has 0 spiro atoms. The topological polar surface area (TPSA) is 70.2 Å². The maximum atomic E-state index is 12.7. The van der Waals surface area contributed by atoms with E-state index in [0.29, 0.717) is 13.0 Å². The highest BCUT2D eigenvalue weighted by molar-refractivity contribution is 5.85. The smallest absolute Gasteiger partial charge is 0.229 e. The maximum Gasteiger partial charge on any atom is 0.229 e. The van der Waals surface area contributed by atoms with Crippen LogP contribution in [0.2, 0.25) is 0 Å². The number of aromatic amines is 1. The fraction of sp³-hybridized carbons (Fsp3) is 0.375. The monoisotopic (exact) mass is 372 g/mol. The van der Waals surface area contributed by atoms with Crippen LogP contribution in [-0.2, 0) is 11.2 Å². The molecule has 2 N–H and O–H groups in total. The minimum absolute atomic E-state index is 0. The number of carbonyl (C=O) groups is 1. The molecule has 1 fully saturated rings. The zero-order chi connectivity index (χ0) is 15.4. The molecule has 1 atom stereocenters. The summed E-state index contributed by atoms with van der Waals surface area (Å²) in [4.78, 5) is 14.6. The summed E-state index contributed by atoms with van der Waals surface area (Å²) in [6.07, 6.45) is 2.00. The molecule has 6 nitrogen and oxygen atoms in total. The lowest BCUT2D eigenvalue weighted by Crippen LogP contribution is -2.49. The first kappa shape index (κ1) is 20.3. The fourth-order valence-corrected chi connectivity index (χ4v) is 2.87. The summed E-state index contributed by atoms with van der Waals surface area (Å²) in [6, 6.07) is 9.69. The number of benzene rings is 1. The quantitative estimate of drug-likeness (QED) is 0.860. The van der Waals surface area contributed by atoms with Gasteiger partial charge in [0.05, 0.1) is 19.6 Å². The molecule has 1 saturated heterocycles. The van der Waals surface area contributed by atoms with Crippen LogP contribution in [0.25, 0.3) is 0 Å². The van der Waals surface area contributed by atoms with Crippen molar-refractivity contribution >= 4 is 30.7 Å². The number of hydrogen-bond donors (Lipinski definition) is 2. The van der Waals surface area contributed by atoms with E-state index in [1.54, 1.807) is 13.3 Å². The van der Waals surface area contributed by atoms with Gasteiger partial charge in [-0.1, -0.05) is 18.2 Å². The Balaban J connectivity index is 0.00000144. The normalized spacial score (nSPS) is 16.7. The predicted octanol–water partition coefficient (Wildman–Crippen LogP) is 1.98. The van der Waals surface area contributed by atoms with Crippen LogP contribution < -0.4 is 10.1 Å². The first-order valence-electron chi connectivity index (χ1n) is 7.41. The van der Waals surface area contributed by atoms with Crippen LogP contribution >= 0.6 is 24.8 Å². The van der Waals surface area contributed by atoms with E-state index in [4.69, 9.17) is 4.74 Å². The molecule has 24 heavy (non-hydrogen) atoms. The largest absolute Gasteiger partial charge is 0.496 e. The van der Waals surface area contributed by atoms with Crippen molar-refractivity contribution in [2.45, 2.75) is 12.5 Å². The SMILES string of the molecule is COc1ccccc1C1CNCCN1C(=O)Cc1ccn[nH]1.Cl.Cl. The van der Waals surface area contributed by atoms with Gasteiger partial charge in [-0.3, -0.25) is 9.89 Å². The Morgan fingerprint density at radius 2 is 2.12 bits per heavy atom. The third-order valence-electron chi connectivity index (χ3n) is 3.96. The van der Waals surface area contributed by atoms with Crippen molar-refractivity contribution in [3.63, 3.8) is 0 Å². The van der Waals surface area contributed by atoms with Gasteiger partial charge in [0, 0.05) is 37.1 Å². The Kier molecular flexibility index (Phi) is 8.04. The second-order valence-electron chi connectivity index (χ2n) is 5.31. The molecule has 0 bridgehead atoms. The standard InChI is InChI=1S/C16H20N4O2.2ClH/c1-22-15-5-3-2-4-13(15)14-11-17-8-9-20(14)16(21)10-12-6-7-18-19-12;;/h2-7,14,17H,8-11H2,1H3,(H,18,19);2*1H. The van der Waals surface area contributed by atoms with E-state index in [9.17, 15) is 4.79 Å². The Hall–Kier alpha value is -1.76. The molecule has 3 rings (SSSR count). The molecular weight excluding hydrogens is 351 g/mol. The third kappa shape index (κ3) is 4.41. The van der Waals surface area contributed by atoms with Crippen molar-refractivity contribution in [1.82, 2.24) is 20.4 Å². The molecular formula is C16H22Cl2N4O2. The Morgan fingerprint density at radius 1 is 1.33 bits per heavy atom. The van der Waals surface area contributed by atoms with Gasteiger partial charge in [0.1, 0.15) is 5.75 Å². The van der Waals surface area contributed by atoms with E-state index >= 15 is 0 Å². The van der Waals surface area contributed by atoms with Gasteiger partial charge < -0.3 is 15.0 Å². The highest BCUT2D eigenvalue weighted by atomic mass is 35.5. The maximum absolute atomic E-state index is 12.7. The van der Waals surface area contributed by atoms with Crippen LogP contribution in [0.3, 0.4) is 0 Å². The van der Waals surface area contributed by atoms with Gasteiger partial charge in [-0.2, -0.15) is 5.10 Å². The number of ether oxygens (including phenoxy) is 1. The summed E-state index contributed by atoms with van der Waals surface area (Å²) in [6.45, 7) is 2.23. The molecule has 0 saturated carbocycles. The summed E-state index contributed by atoms with van der Waals surface area (Å²) in [5.41, 5.74) is 1.87. The van der Waals surface area contributed by atoms with Crippen LogP contribution in [0.1, 0.15) is 17.3 Å². The Labute approximate surface area is 153 Å². The lowest BCUT2D eigenvalue weighted by atomic mass is 10.0. The van der Waals surface area contributed by atoms with Gasteiger partial charge in [-0.15, -0.1) is 24.8 Å². The summed E-state index contributed by atoms with van der Waals surface area (Å²) in [5, 5.41) is 10.1. The number of para-hydroxylation sites is 1. The zero-order valence-electron chi connectivity index (χ0n) is 13.4. The van der Waals surface area contributed by atoms with Gasteiger partial charge in [0.25, 0.3) is 0 Å². The molecule has 132 valence electrons. The second-order valence-corrected chi connectivity index (χ2v) is 5.31. The van der Waals surface area contributed by atoms with E-state index in [1.165, 1.54) is 0 Å². The van der Waals surface area contributed by atoms with Crippen molar-refractivity contribution in [3.05, 3.63) is 47.8 Å². The molecule has 8 heteroatoms. The van der Waals surface area contributed by atoms with Gasteiger partial charge in [0.2, 0.25) is 5.91 Å². The summed E-state index contributed by atoms with van der Waals surface area (Å²) in [5.74, 6) is 0.914. The average Bonchev–Trinajstić information content (AvgIpc) is 3.07. The highest BCUT2D eigenvalue weighted by Crippen LogP contribution is 2.30. The number of halogens is 2. The molecule has 1 unspecified atom stereocenters. The van der Waals surface area contributed by atoms with Crippen molar-refractivity contribution in [2.24, 2.45) is 0 Å². The number of hydrogen-bond acceptors (Lipinski definition) is 4. The highest BCUT2D eigenvalue weighted by Gasteiger charge is 2.29. The molecule has 2 heterocycles. The minimum Gasteiger partial charge on any atom is -0.496 e. The van der Waals surface area contributed by atoms with E-state index in [-0.39, 0.29) is 36.8 Å². The molecule has 1 aliphatic heterocycles. The van der Waals surface area contributed by atoms with Crippen LogP contribution in [0.15, 0.2) is 36.5 Å². The van der Waals surface area contributed by atoms with E-state index in [2.05, 4.69) is 15.5 Å². The molecule has 1 aliphatic rings. The van der Waals surface area contributed by atoms with E-state index in [1.807, 2.05) is 35.2 Å². The van der Waals surface area contributed by atoms with E-state index < -0.39 is 0 Å². The van der Waals surface area contributed by atoms with Crippen LogP contribution in [0, 0.1) is 0 Å². The first-order chi connectivity index (χ1) is 10.8. The summed E-state index contributed by atoms with van der Waals surface area (Å²) in [7, 11) is 1.66. The molecule has 1 aromatic heterocycles. The second kappa shape index (κ2) is 9.52. The van der Waals surface area contributed by atoms with Gasteiger partial charge in [-0.25, -0.2) is 0 Å². The van der Waals surface area contributed by atoms with Crippen molar-refractivity contribution < 1.29 is 9.53 Å². The number of piperazine rings is 1. The first-order valence-corrected chi connectivity index (χ1v) is 7.41. The van der Waals surface area contributed by atoms with Gasteiger partial charge >= 0.3 is 0 Å². The number of nitrogens with zero attached hydrogens (tertiary/aromatic N) is 2. The van der Waals surface area contributed by atoms with Crippen molar-refractivity contribution in [3.8, 4) is 5.75 Å². The lowest BCUT2D eigenvalue weighted by molar-refractivity contribution is -0.133. The molecule has 0 radical (unpaired) electrons. The van der Waals surface area contributed by atoms with E-state index in [0.717, 1.165) is 30.1 Å². The number of H-pyrrole nitrogens is 1. The third-order valence-corrected chi connectivity index (χ3v) is 3.96. The molecule has 2 aromatic rings. The summed E-state index contributed by atoms with van der Waals surface area (Å²) >= 11 is 0. The number of aromatic nitrogens is 2. The molecule has 1 aromatic carbocycles. The number of carbonyl (C=O) groups excluding carboxylic acids is 1. The van der Waals surface area contributed by atoms with Crippen LogP contribution in [0.5, 0.6) is 5.75 Å². The summed E-state index contributed by atoms with van der Waals surface area (Å²) < 4.78 is 5.45. The molecule has 1 amide bonds. The Bertz CT molecular complexity index is 637. The number of amides is 1. The van der Waals surface area contributed by atoms with Crippen LogP contribution in [0.4, 0.5) is 0 Å². The number of rotatable bonds is 4. The fourth-order valence-electron chi connectivity index (χ4n) is 2.87. The van der Waals surface area contributed by atoms with Gasteiger partial charge in [-0.05, 0) is 12.1 Å². The average molecular weight is 373 g/mol. The van der Waals surface area contributed by atoms with Crippen LogP contribution in [-0.4, -0.2) is 47.7 Å². The number of methoxy groups -OCH3 is 1. The van der Waals surface area contributed by atoms with Crippen molar-refractivity contribution in [2.75, 3.05) is 26.7 Å².